The third-order valence-corrected chi connectivity index (χ3v) is 2.44. The number of rotatable bonds is 5. The average molecular weight is 158 g/mol. The Morgan fingerprint density at radius 2 is 1.82 bits per heavy atom. The Kier molecular flexibility index (Phi) is 5.51. The fourth-order valence-electron chi connectivity index (χ4n) is 1.22. The predicted molar refractivity (Wildman–Crippen MR) is 50.6 cm³/mol. The van der Waals surface area contributed by atoms with Crippen molar-refractivity contribution in [2.24, 2.45) is 5.73 Å². The van der Waals surface area contributed by atoms with E-state index in [1.54, 1.807) is 0 Å². The lowest BCUT2D eigenvalue weighted by atomic mass is 10.1. The maximum absolute atomic E-state index is 5.57. The zero-order valence-corrected chi connectivity index (χ0v) is 8.30. The molecule has 0 radical (unpaired) electrons. The van der Waals surface area contributed by atoms with Crippen LogP contribution in [0.5, 0.6) is 0 Å². The van der Waals surface area contributed by atoms with Crippen molar-refractivity contribution >= 4 is 0 Å². The number of hydrogen-bond acceptors (Lipinski definition) is 2. The summed E-state index contributed by atoms with van der Waals surface area (Å²) in [6.45, 7) is 7.41. The molecule has 0 aliphatic carbocycles. The predicted octanol–water partition coefficient (Wildman–Crippen LogP) is 1.45. The van der Waals surface area contributed by atoms with Crippen LogP contribution in [0.4, 0.5) is 0 Å². The van der Waals surface area contributed by atoms with Gasteiger partial charge >= 0.3 is 0 Å². The summed E-state index contributed by atoms with van der Waals surface area (Å²) in [7, 11) is 2.15. The van der Waals surface area contributed by atoms with Gasteiger partial charge in [-0.25, -0.2) is 0 Å². The van der Waals surface area contributed by atoms with E-state index in [0.717, 1.165) is 6.54 Å². The Hall–Kier alpha value is -0.0800. The van der Waals surface area contributed by atoms with Crippen molar-refractivity contribution < 1.29 is 0 Å². The van der Waals surface area contributed by atoms with Crippen molar-refractivity contribution in [2.45, 2.75) is 45.7 Å². The minimum atomic E-state index is 0.511. The largest absolute Gasteiger partial charge is 0.329 e. The summed E-state index contributed by atoms with van der Waals surface area (Å²) in [5, 5.41) is 0. The van der Waals surface area contributed by atoms with Gasteiger partial charge in [-0.15, -0.1) is 0 Å². The van der Waals surface area contributed by atoms with E-state index in [0.29, 0.717) is 12.1 Å². The van der Waals surface area contributed by atoms with Crippen molar-refractivity contribution in [1.82, 2.24) is 4.90 Å². The monoisotopic (exact) mass is 158 g/mol. The molecule has 2 heteroatoms. The SMILES string of the molecule is CCCC(C)N(C)C(C)CN. The smallest absolute Gasteiger partial charge is 0.0189 e. The molecule has 2 unspecified atom stereocenters. The zero-order valence-electron chi connectivity index (χ0n) is 8.30. The molecule has 0 amide bonds. The van der Waals surface area contributed by atoms with Crippen molar-refractivity contribution in [3.05, 3.63) is 0 Å². The Morgan fingerprint density at radius 3 is 2.18 bits per heavy atom. The Morgan fingerprint density at radius 1 is 1.27 bits per heavy atom. The van der Waals surface area contributed by atoms with Gasteiger partial charge in [-0.1, -0.05) is 13.3 Å². The lowest BCUT2D eigenvalue weighted by Gasteiger charge is -2.29. The van der Waals surface area contributed by atoms with E-state index < -0.39 is 0 Å². The van der Waals surface area contributed by atoms with Gasteiger partial charge in [-0.05, 0) is 27.3 Å². The Balaban J connectivity index is 3.70. The minimum Gasteiger partial charge on any atom is -0.329 e. The standard InChI is InChI=1S/C9H22N2/c1-5-6-8(2)11(4)9(3)7-10/h8-9H,5-7,10H2,1-4H3. The van der Waals surface area contributed by atoms with Crippen LogP contribution in [-0.2, 0) is 0 Å². The van der Waals surface area contributed by atoms with E-state index in [-0.39, 0.29) is 0 Å². The molecule has 0 fully saturated rings. The molecule has 0 saturated heterocycles. The van der Waals surface area contributed by atoms with Crippen molar-refractivity contribution in [1.29, 1.82) is 0 Å². The summed E-state index contributed by atoms with van der Waals surface area (Å²) < 4.78 is 0. The third-order valence-electron chi connectivity index (χ3n) is 2.44. The fraction of sp³-hybridized carbons (Fsp3) is 1.00. The molecule has 0 aromatic carbocycles. The van der Waals surface area contributed by atoms with Gasteiger partial charge in [-0.2, -0.15) is 0 Å². The first-order valence-corrected chi connectivity index (χ1v) is 4.55. The van der Waals surface area contributed by atoms with E-state index in [4.69, 9.17) is 5.73 Å². The average Bonchev–Trinajstić information content (AvgIpc) is 2.02. The first-order chi connectivity index (χ1) is 5.13. The Bertz CT molecular complexity index is 93.6. The van der Waals surface area contributed by atoms with Crippen LogP contribution in [0.1, 0.15) is 33.6 Å². The molecule has 2 atom stereocenters. The summed E-state index contributed by atoms with van der Waals surface area (Å²) >= 11 is 0. The van der Waals surface area contributed by atoms with Crippen LogP contribution < -0.4 is 5.73 Å². The molecule has 0 aromatic rings. The molecule has 2 N–H and O–H groups in total. The van der Waals surface area contributed by atoms with Gasteiger partial charge in [0.25, 0.3) is 0 Å². The minimum absolute atomic E-state index is 0.511. The lowest BCUT2D eigenvalue weighted by molar-refractivity contribution is 0.190. The van der Waals surface area contributed by atoms with Crippen molar-refractivity contribution in [3.63, 3.8) is 0 Å². The molecular formula is C9H22N2. The van der Waals surface area contributed by atoms with Gasteiger partial charge in [0, 0.05) is 18.6 Å². The van der Waals surface area contributed by atoms with Crippen molar-refractivity contribution in [3.8, 4) is 0 Å². The highest BCUT2D eigenvalue weighted by Crippen LogP contribution is 2.06. The van der Waals surface area contributed by atoms with Gasteiger partial charge in [0.05, 0.1) is 0 Å². The molecule has 0 bridgehead atoms. The maximum atomic E-state index is 5.57. The Labute approximate surface area is 70.8 Å². The van der Waals surface area contributed by atoms with Crippen LogP contribution >= 0.6 is 0 Å². The van der Waals surface area contributed by atoms with Crippen LogP contribution in [0.3, 0.4) is 0 Å². The van der Waals surface area contributed by atoms with Crippen LogP contribution in [0.25, 0.3) is 0 Å². The second-order valence-corrected chi connectivity index (χ2v) is 3.39. The van der Waals surface area contributed by atoms with Gasteiger partial charge in [0.15, 0.2) is 0 Å². The summed E-state index contributed by atoms with van der Waals surface area (Å²) in [6.07, 6.45) is 2.52. The second kappa shape index (κ2) is 5.56. The summed E-state index contributed by atoms with van der Waals surface area (Å²) in [5.41, 5.74) is 5.57. The van der Waals surface area contributed by atoms with E-state index in [9.17, 15) is 0 Å². The summed E-state index contributed by atoms with van der Waals surface area (Å²) in [5.74, 6) is 0. The molecule has 0 aliphatic heterocycles. The highest BCUT2D eigenvalue weighted by atomic mass is 15.2. The van der Waals surface area contributed by atoms with Crippen LogP contribution in [0.2, 0.25) is 0 Å². The normalized spacial score (nSPS) is 16.9. The number of nitrogens with zero attached hydrogens (tertiary/aromatic N) is 1. The van der Waals surface area contributed by atoms with E-state index >= 15 is 0 Å². The molecule has 0 rings (SSSR count). The molecule has 11 heavy (non-hydrogen) atoms. The number of likely N-dealkylation sites (N-methyl/N-ethyl adjacent to an activating group) is 1. The van der Waals surface area contributed by atoms with Gasteiger partial charge in [-0.3, -0.25) is 4.90 Å². The molecule has 0 saturated carbocycles. The van der Waals surface area contributed by atoms with E-state index in [1.165, 1.54) is 12.8 Å². The highest BCUT2D eigenvalue weighted by Gasteiger charge is 2.12. The number of nitrogens with two attached hydrogens (primary N) is 1. The molecule has 0 heterocycles. The van der Waals surface area contributed by atoms with Gasteiger partial charge < -0.3 is 5.73 Å². The molecule has 2 nitrogen and oxygen atoms in total. The van der Waals surface area contributed by atoms with Gasteiger partial charge in [0.1, 0.15) is 0 Å². The quantitative estimate of drug-likeness (QED) is 0.656. The molecular weight excluding hydrogens is 136 g/mol. The highest BCUT2D eigenvalue weighted by molar-refractivity contribution is 4.69. The summed E-state index contributed by atoms with van der Waals surface area (Å²) in [6, 6.07) is 1.18. The fourth-order valence-corrected chi connectivity index (χ4v) is 1.22. The van der Waals surface area contributed by atoms with E-state index in [1.807, 2.05) is 0 Å². The molecule has 0 aromatic heterocycles. The first-order valence-electron chi connectivity index (χ1n) is 4.55. The van der Waals surface area contributed by atoms with E-state index in [2.05, 4.69) is 32.7 Å². The summed E-state index contributed by atoms with van der Waals surface area (Å²) in [4.78, 5) is 2.35. The molecule has 0 spiro atoms. The van der Waals surface area contributed by atoms with Gasteiger partial charge in [0.2, 0.25) is 0 Å². The van der Waals surface area contributed by atoms with Crippen molar-refractivity contribution in [2.75, 3.05) is 13.6 Å². The first kappa shape index (κ1) is 10.9. The maximum Gasteiger partial charge on any atom is 0.0189 e. The van der Waals surface area contributed by atoms with Crippen LogP contribution in [-0.4, -0.2) is 30.6 Å². The topological polar surface area (TPSA) is 29.3 Å². The molecule has 68 valence electrons. The zero-order chi connectivity index (χ0) is 8.85. The van der Waals surface area contributed by atoms with Crippen LogP contribution in [0, 0.1) is 0 Å². The number of hydrogen-bond donors (Lipinski definition) is 1. The third kappa shape index (κ3) is 3.73. The van der Waals surface area contributed by atoms with Crippen LogP contribution in [0.15, 0.2) is 0 Å². The lowest BCUT2D eigenvalue weighted by Crippen LogP contribution is -2.41. The molecule has 0 aliphatic rings. The second-order valence-electron chi connectivity index (χ2n) is 3.39.